The molecule has 1 aromatic carbocycles. The Hall–Kier alpha value is -2.02. The number of nitrogens with one attached hydrogen (secondary N) is 1. The lowest BCUT2D eigenvalue weighted by molar-refractivity contribution is -0.117. The zero-order valence-corrected chi connectivity index (χ0v) is 11.0. The molecule has 0 saturated heterocycles. The van der Waals surface area contributed by atoms with E-state index >= 15 is 0 Å². The molecule has 1 unspecified atom stereocenters. The van der Waals surface area contributed by atoms with Crippen LogP contribution in [-0.2, 0) is 4.79 Å². The molecule has 110 valence electrons. The number of benzene rings is 1. The van der Waals surface area contributed by atoms with Gasteiger partial charge in [0.15, 0.2) is 11.6 Å². The van der Waals surface area contributed by atoms with Crippen LogP contribution < -0.4 is 11.1 Å². The summed E-state index contributed by atoms with van der Waals surface area (Å²) < 4.78 is 26.1. The van der Waals surface area contributed by atoms with Crippen molar-refractivity contribution in [3.05, 3.63) is 29.3 Å². The molecule has 0 heterocycles. The van der Waals surface area contributed by atoms with Crippen molar-refractivity contribution >= 4 is 17.6 Å². The lowest BCUT2D eigenvalue weighted by Gasteiger charge is -2.13. The molecular weight excluding hydrogens is 270 g/mol. The molecule has 0 aliphatic rings. The van der Waals surface area contributed by atoms with Crippen LogP contribution in [0.25, 0.3) is 0 Å². The first-order chi connectivity index (χ1) is 9.36. The fourth-order valence-corrected chi connectivity index (χ4v) is 1.61. The topological polar surface area (TPSA) is 92.4 Å². The third kappa shape index (κ3) is 3.99. The zero-order valence-electron chi connectivity index (χ0n) is 11.0. The summed E-state index contributed by atoms with van der Waals surface area (Å²) in [7, 11) is 0. The number of hydrogen-bond donors (Lipinski definition) is 3. The molecule has 1 amide bonds. The van der Waals surface area contributed by atoms with Crippen molar-refractivity contribution in [2.75, 3.05) is 5.32 Å². The first kappa shape index (κ1) is 16.0. The summed E-state index contributed by atoms with van der Waals surface area (Å²) in [6.45, 7) is 1.93. The number of aromatic carboxylic acids is 1. The minimum atomic E-state index is -1.47. The van der Waals surface area contributed by atoms with Gasteiger partial charge in [0.25, 0.3) is 0 Å². The van der Waals surface area contributed by atoms with E-state index in [-0.39, 0.29) is 5.69 Å². The summed E-state index contributed by atoms with van der Waals surface area (Å²) in [4.78, 5) is 22.7. The third-order valence-electron chi connectivity index (χ3n) is 2.75. The number of unbranched alkanes of at least 4 members (excludes halogenated alkanes) is 1. The van der Waals surface area contributed by atoms with Crippen molar-refractivity contribution in [1.29, 1.82) is 0 Å². The second-order valence-corrected chi connectivity index (χ2v) is 4.36. The minimum absolute atomic E-state index is 0.312. The van der Waals surface area contributed by atoms with E-state index in [1.54, 1.807) is 0 Å². The first-order valence-corrected chi connectivity index (χ1v) is 6.15. The van der Waals surface area contributed by atoms with Crippen LogP contribution in [0, 0.1) is 11.6 Å². The number of carbonyl (C=O) groups excluding carboxylic acids is 1. The van der Waals surface area contributed by atoms with Crippen LogP contribution in [0.1, 0.15) is 36.5 Å². The van der Waals surface area contributed by atoms with Crippen LogP contribution in [0.2, 0.25) is 0 Å². The Kier molecular flexibility index (Phi) is 5.57. The Morgan fingerprint density at radius 3 is 2.50 bits per heavy atom. The lowest BCUT2D eigenvalue weighted by atomic mass is 10.1. The largest absolute Gasteiger partial charge is 0.478 e. The summed E-state index contributed by atoms with van der Waals surface area (Å²) >= 11 is 0. The van der Waals surface area contributed by atoms with Gasteiger partial charge in [0.1, 0.15) is 0 Å². The maximum absolute atomic E-state index is 13.1. The molecule has 1 aromatic rings. The second-order valence-electron chi connectivity index (χ2n) is 4.36. The van der Waals surface area contributed by atoms with Gasteiger partial charge in [-0.2, -0.15) is 0 Å². The fourth-order valence-electron chi connectivity index (χ4n) is 1.61. The Labute approximate surface area is 114 Å². The van der Waals surface area contributed by atoms with Crippen molar-refractivity contribution < 1.29 is 23.5 Å². The van der Waals surface area contributed by atoms with Gasteiger partial charge >= 0.3 is 5.97 Å². The second kappa shape index (κ2) is 6.95. The highest BCUT2D eigenvalue weighted by molar-refractivity contribution is 6.02. The quantitative estimate of drug-likeness (QED) is 0.746. The highest BCUT2D eigenvalue weighted by Crippen LogP contribution is 2.20. The van der Waals surface area contributed by atoms with Crippen LogP contribution in [0.4, 0.5) is 14.5 Å². The molecule has 5 nitrogen and oxygen atoms in total. The number of amides is 1. The predicted octanol–water partition coefficient (Wildman–Crippen LogP) is 2.12. The molecule has 7 heteroatoms. The zero-order chi connectivity index (χ0) is 15.3. The van der Waals surface area contributed by atoms with Crippen molar-refractivity contribution in [3.63, 3.8) is 0 Å². The molecule has 1 atom stereocenters. The van der Waals surface area contributed by atoms with Gasteiger partial charge in [0.05, 0.1) is 17.3 Å². The van der Waals surface area contributed by atoms with E-state index in [1.807, 2.05) is 6.92 Å². The number of hydrogen-bond acceptors (Lipinski definition) is 3. The molecule has 1 rings (SSSR count). The monoisotopic (exact) mass is 286 g/mol. The maximum Gasteiger partial charge on any atom is 0.337 e. The van der Waals surface area contributed by atoms with Crippen molar-refractivity contribution in [2.24, 2.45) is 5.73 Å². The van der Waals surface area contributed by atoms with Crippen LogP contribution >= 0.6 is 0 Å². The van der Waals surface area contributed by atoms with Crippen LogP contribution in [0.15, 0.2) is 12.1 Å². The molecule has 4 N–H and O–H groups in total. The Bertz CT molecular complexity index is 521. The van der Waals surface area contributed by atoms with Gasteiger partial charge in [0, 0.05) is 6.07 Å². The van der Waals surface area contributed by atoms with E-state index < -0.39 is 35.1 Å². The smallest absolute Gasteiger partial charge is 0.337 e. The molecule has 0 saturated carbocycles. The molecule has 0 fully saturated rings. The number of carboxylic acids is 1. The van der Waals surface area contributed by atoms with Gasteiger partial charge in [0.2, 0.25) is 5.91 Å². The van der Waals surface area contributed by atoms with Gasteiger partial charge in [-0.3, -0.25) is 4.79 Å². The average Bonchev–Trinajstić information content (AvgIpc) is 2.39. The van der Waals surface area contributed by atoms with E-state index in [0.717, 1.165) is 12.8 Å². The van der Waals surface area contributed by atoms with Crippen molar-refractivity contribution in [2.45, 2.75) is 32.2 Å². The summed E-state index contributed by atoms with van der Waals surface area (Å²) in [5.41, 5.74) is 4.78. The Balaban J connectivity index is 2.93. The molecule has 20 heavy (non-hydrogen) atoms. The van der Waals surface area contributed by atoms with Gasteiger partial charge in [-0.05, 0) is 12.5 Å². The Morgan fingerprint density at radius 2 is 1.95 bits per heavy atom. The van der Waals surface area contributed by atoms with E-state index in [9.17, 15) is 18.4 Å². The average molecular weight is 286 g/mol. The van der Waals surface area contributed by atoms with E-state index in [0.29, 0.717) is 18.6 Å². The number of anilines is 1. The molecular formula is C13H16F2N2O3. The normalized spacial score (nSPS) is 12.0. The van der Waals surface area contributed by atoms with Crippen molar-refractivity contribution in [3.8, 4) is 0 Å². The number of rotatable bonds is 6. The number of carbonyl (C=O) groups is 2. The SMILES string of the molecule is CCCCC(N)C(=O)Nc1cc(F)c(F)cc1C(=O)O. The van der Waals surface area contributed by atoms with Crippen LogP contribution in [0.3, 0.4) is 0 Å². The van der Waals surface area contributed by atoms with E-state index in [4.69, 9.17) is 10.8 Å². The molecule has 0 aliphatic carbocycles. The summed E-state index contributed by atoms with van der Waals surface area (Å²) in [5, 5.41) is 11.1. The van der Waals surface area contributed by atoms with E-state index in [2.05, 4.69) is 5.32 Å². The highest BCUT2D eigenvalue weighted by atomic mass is 19.2. The molecule has 0 radical (unpaired) electrons. The maximum atomic E-state index is 13.1. The van der Waals surface area contributed by atoms with Gasteiger partial charge < -0.3 is 16.2 Å². The third-order valence-corrected chi connectivity index (χ3v) is 2.75. The highest BCUT2D eigenvalue weighted by Gasteiger charge is 2.19. The molecule has 0 aliphatic heterocycles. The molecule has 0 aromatic heterocycles. The Morgan fingerprint density at radius 1 is 1.35 bits per heavy atom. The number of halogens is 2. The lowest BCUT2D eigenvalue weighted by Crippen LogP contribution is -2.36. The van der Waals surface area contributed by atoms with Gasteiger partial charge in [-0.1, -0.05) is 19.8 Å². The predicted molar refractivity (Wildman–Crippen MR) is 69.4 cm³/mol. The van der Waals surface area contributed by atoms with Crippen LogP contribution in [0.5, 0.6) is 0 Å². The molecule has 0 bridgehead atoms. The minimum Gasteiger partial charge on any atom is -0.478 e. The first-order valence-electron chi connectivity index (χ1n) is 6.15. The summed E-state index contributed by atoms with van der Waals surface area (Å²) in [5.74, 6) is -4.64. The fraction of sp³-hybridized carbons (Fsp3) is 0.385. The van der Waals surface area contributed by atoms with Gasteiger partial charge in [-0.25, -0.2) is 13.6 Å². The number of carboxylic acid groups (broad SMARTS) is 1. The van der Waals surface area contributed by atoms with Crippen molar-refractivity contribution in [1.82, 2.24) is 0 Å². The van der Waals surface area contributed by atoms with Crippen LogP contribution in [-0.4, -0.2) is 23.0 Å². The van der Waals surface area contributed by atoms with E-state index in [1.165, 1.54) is 0 Å². The summed E-state index contributed by atoms with van der Waals surface area (Å²) in [6.07, 6.45) is 2.01. The number of nitrogens with two attached hydrogens (primary N) is 1. The van der Waals surface area contributed by atoms with Gasteiger partial charge in [-0.15, -0.1) is 0 Å². The summed E-state index contributed by atoms with van der Waals surface area (Å²) in [6, 6.07) is 0.318. The molecule has 0 spiro atoms. The standard InChI is InChI=1S/C13H16F2N2O3/c1-2-3-4-10(16)12(18)17-11-6-9(15)8(14)5-7(11)13(19)20/h5-6,10H,2-4,16H2,1H3,(H,17,18)(H,19,20).